The summed E-state index contributed by atoms with van der Waals surface area (Å²) in [6.07, 6.45) is 1.02. The van der Waals surface area contributed by atoms with E-state index >= 15 is 0 Å². The van der Waals surface area contributed by atoms with E-state index in [9.17, 15) is 4.79 Å². The number of anilines is 1. The van der Waals surface area contributed by atoms with Gasteiger partial charge >= 0.3 is 0 Å². The standard InChI is InChI=1S/C23H28N4OS2/c1-2-18-7-6-10-20-22(18)25-23(30-20)27-15-13-26(14-16-27)12-11-24-21(28)17-29-19-8-4-3-5-9-19/h3-10H,2,11-17H2,1H3,(H,24,28). The monoisotopic (exact) mass is 440 g/mol. The van der Waals surface area contributed by atoms with E-state index in [-0.39, 0.29) is 5.91 Å². The summed E-state index contributed by atoms with van der Waals surface area (Å²) in [4.78, 5) is 22.9. The topological polar surface area (TPSA) is 48.5 Å². The molecule has 158 valence electrons. The fourth-order valence-electron chi connectivity index (χ4n) is 3.65. The number of carbonyl (C=O) groups excluding carboxylic acids is 1. The predicted molar refractivity (Wildman–Crippen MR) is 128 cm³/mol. The maximum Gasteiger partial charge on any atom is 0.230 e. The van der Waals surface area contributed by atoms with Crippen LogP contribution in [0.25, 0.3) is 10.2 Å². The van der Waals surface area contributed by atoms with Gasteiger partial charge in [0.2, 0.25) is 5.91 Å². The SMILES string of the molecule is CCc1cccc2sc(N3CCN(CCNC(=O)CSc4ccccc4)CC3)nc12. The van der Waals surface area contributed by atoms with Crippen LogP contribution in [0, 0.1) is 0 Å². The lowest BCUT2D eigenvalue weighted by Crippen LogP contribution is -2.48. The number of thioether (sulfide) groups is 1. The molecule has 3 aromatic rings. The average Bonchev–Trinajstić information content (AvgIpc) is 3.23. The molecule has 1 aliphatic rings. The third-order valence-corrected chi connectivity index (χ3v) is 7.47. The summed E-state index contributed by atoms with van der Waals surface area (Å²) in [6.45, 7) is 7.77. The second-order valence-corrected chi connectivity index (χ2v) is 9.45. The van der Waals surface area contributed by atoms with Gasteiger partial charge in [-0.15, -0.1) is 11.8 Å². The normalized spacial score (nSPS) is 14.9. The molecule has 1 amide bonds. The van der Waals surface area contributed by atoms with Crippen molar-refractivity contribution in [1.82, 2.24) is 15.2 Å². The molecule has 0 saturated carbocycles. The Balaban J connectivity index is 1.19. The van der Waals surface area contributed by atoms with Crippen molar-refractivity contribution >= 4 is 44.4 Å². The van der Waals surface area contributed by atoms with Crippen molar-refractivity contribution in [2.75, 3.05) is 49.9 Å². The van der Waals surface area contributed by atoms with E-state index in [4.69, 9.17) is 4.98 Å². The maximum absolute atomic E-state index is 12.1. The van der Waals surface area contributed by atoms with Gasteiger partial charge in [-0.1, -0.05) is 48.6 Å². The van der Waals surface area contributed by atoms with E-state index in [1.54, 1.807) is 23.1 Å². The molecule has 2 aromatic carbocycles. The first-order valence-electron chi connectivity index (χ1n) is 10.5. The van der Waals surface area contributed by atoms with E-state index in [2.05, 4.69) is 40.2 Å². The van der Waals surface area contributed by atoms with Gasteiger partial charge in [0.05, 0.1) is 16.0 Å². The van der Waals surface area contributed by atoms with Crippen LogP contribution in [0.4, 0.5) is 5.13 Å². The minimum absolute atomic E-state index is 0.101. The Labute approximate surface area is 186 Å². The molecule has 1 aliphatic heterocycles. The van der Waals surface area contributed by atoms with Gasteiger partial charge in [-0.3, -0.25) is 9.69 Å². The van der Waals surface area contributed by atoms with Crippen molar-refractivity contribution in [1.29, 1.82) is 0 Å². The number of piperazine rings is 1. The Kier molecular flexibility index (Phi) is 7.25. The van der Waals surface area contributed by atoms with Crippen molar-refractivity contribution in [3.63, 3.8) is 0 Å². The van der Waals surface area contributed by atoms with Gasteiger partial charge in [0.15, 0.2) is 5.13 Å². The van der Waals surface area contributed by atoms with Gasteiger partial charge in [-0.25, -0.2) is 4.98 Å². The highest BCUT2D eigenvalue weighted by atomic mass is 32.2. The second-order valence-electron chi connectivity index (χ2n) is 7.39. The van der Waals surface area contributed by atoms with Crippen LogP contribution in [-0.2, 0) is 11.2 Å². The zero-order chi connectivity index (χ0) is 20.8. The number of benzene rings is 2. The van der Waals surface area contributed by atoms with Gasteiger partial charge < -0.3 is 10.2 Å². The van der Waals surface area contributed by atoms with E-state index < -0.39 is 0 Å². The minimum Gasteiger partial charge on any atom is -0.354 e. The highest BCUT2D eigenvalue weighted by molar-refractivity contribution is 8.00. The Morgan fingerprint density at radius 1 is 1.10 bits per heavy atom. The first kappa shape index (κ1) is 21.2. The van der Waals surface area contributed by atoms with Crippen LogP contribution in [0.1, 0.15) is 12.5 Å². The zero-order valence-corrected chi connectivity index (χ0v) is 19.0. The zero-order valence-electron chi connectivity index (χ0n) is 17.3. The van der Waals surface area contributed by atoms with Crippen molar-refractivity contribution in [3.05, 3.63) is 54.1 Å². The number of aryl methyl sites for hydroxylation is 1. The Morgan fingerprint density at radius 2 is 1.90 bits per heavy atom. The number of amides is 1. The second kappa shape index (κ2) is 10.3. The smallest absolute Gasteiger partial charge is 0.230 e. The average molecular weight is 441 g/mol. The summed E-state index contributed by atoms with van der Waals surface area (Å²) < 4.78 is 1.28. The number of nitrogens with one attached hydrogen (secondary N) is 1. The Hall–Kier alpha value is -2.09. The molecule has 0 spiro atoms. The van der Waals surface area contributed by atoms with Gasteiger partial charge in [-0.05, 0) is 30.2 Å². The summed E-state index contributed by atoms with van der Waals surface area (Å²) in [5.74, 6) is 0.568. The Morgan fingerprint density at radius 3 is 2.67 bits per heavy atom. The molecular formula is C23H28N4OS2. The number of carbonyl (C=O) groups is 1. The van der Waals surface area contributed by atoms with E-state index in [1.807, 2.05) is 30.3 Å². The number of hydrogen-bond acceptors (Lipinski definition) is 6. The van der Waals surface area contributed by atoms with Crippen molar-refractivity contribution < 1.29 is 4.79 Å². The van der Waals surface area contributed by atoms with Crippen LogP contribution in [0.2, 0.25) is 0 Å². The van der Waals surface area contributed by atoms with E-state index in [0.717, 1.165) is 49.2 Å². The van der Waals surface area contributed by atoms with Crippen molar-refractivity contribution in [2.45, 2.75) is 18.2 Å². The molecule has 1 fully saturated rings. The van der Waals surface area contributed by atoms with Crippen LogP contribution in [0.3, 0.4) is 0 Å². The molecule has 5 nitrogen and oxygen atoms in total. The molecule has 30 heavy (non-hydrogen) atoms. The summed E-state index contributed by atoms with van der Waals surface area (Å²) >= 11 is 3.38. The molecule has 4 rings (SSSR count). The first-order valence-corrected chi connectivity index (χ1v) is 12.3. The molecule has 0 unspecified atom stereocenters. The van der Waals surface area contributed by atoms with E-state index in [1.165, 1.54) is 15.8 Å². The van der Waals surface area contributed by atoms with Gasteiger partial charge in [0.1, 0.15) is 0 Å². The fourth-order valence-corrected chi connectivity index (χ4v) is 5.46. The Bertz CT molecular complexity index is 968. The number of rotatable bonds is 8. The van der Waals surface area contributed by atoms with Gasteiger partial charge in [0, 0.05) is 44.2 Å². The predicted octanol–water partition coefficient (Wildman–Crippen LogP) is 3.89. The molecule has 1 aromatic heterocycles. The molecule has 1 N–H and O–H groups in total. The van der Waals surface area contributed by atoms with Crippen LogP contribution in [0.15, 0.2) is 53.4 Å². The van der Waals surface area contributed by atoms with Crippen molar-refractivity contribution in [3.8, 4) is 0 Å². The fraction of sp³-hybridized carbons (Fsp3) is 0.391. The van der Waals surface area contributed by atoms with Gasteiger partial charge in [-0.2, -0.15) is 0 Å². The third-order valence-electron chi connectivity index (χ3n) is 5.38. The summed E-state index contributed by atoms with van der Waals surface area (Å²) in [5.41, 5.74) is 2.49. The number of hydrogen-bond donors (Lipinski definition) is 1. The molecular weight excluding hydrogens is 412 g/mol. The lowest BCUT2D eigenvalue weighted by atomic mass is 10.1. The quantitative estimate of drug-likeness (QED) is 0.539. The molecule has 0 radical (unpaired) electrons. The molecule has 1 saturated heterocycles. The number of fused-ring (bicyclic) bond motifs is 1. The maximum atomic E-state index is 12.1. The van der Waals surface area contributed by atoms with Crippen LogP contribution in [-0.4, -0.2) is 60.8 Å². The molecule has 2 heterocycles. The lowest BCUT2D eigenvalue weighted by molar-refractivity contribution is -0.118. The largest absolute Gasteiger partial charge is 0.354 e. The first-order chi connectivity index (χ1) is 14.7. The van der Waals surface area contributed by atoms with E-state index in [0.29, 0.717) is 12.3 Å². The van der Waals surface area contributed by atoms with Crippen LogP contribution < -0.4 is 10.2 Å². The van der Waals surface area contributed by atoms with Crippen LogP contribution >= 0.6 is 23.1 Å². The number of nitrogens with zero attached hydrogens (tertiary/aromatic N) is 3. The molecule has 7 heteroatoms. The number of aromatic nitrogens is 1. The minimum atomic E-state index is 0.101. The van der Waals surface area contributed by atoms with Crippen molar-refractivity contribution in [2.24, 2.45) is 0 Å². The lowest BCUT2D eigenvalue weighted by Gasteiger charge is -2.34. The molecule has 0 atom stereocenters. The number of para-hydroxylation sites is 1. The third kappa shape index (κ3) is 5.33. The van der Waals surface area contributed by atoms with Gasteiger partial charge in [0.25, 0.3) is 0 Å². The molecule has 0 bridgehead atoms. The highest BCUT2D eigenvalue weighted by Crippen LogP contribution is 2.31. The number of thiazole rings is 1. The molecule has 0 aliphatic carbocycles. The highest BCUT2D eigenvalue weighted by Gasteiger charge is 2.20. The summed E-state index contributed by atoms with van der Waals surface area (Å²) in [6, 6.07) is 16.5. The van der Waals surface area contributed by atoms with Crippen LogP contribution in [0.5, 0.6) is 0 Å². The summed E-state index contributed by atoms with van der Waals surface area (Å²) in [5, 5.41) is 4.18. The summed E-state index contributed by atoms with van der Waals surface area (Å²) in [7, 11) is 0.